The molecule has 0 fully saturated rings. The summed E-state index contributed by atoms with van der Waals surface area (Å²) in [4.78, 5) is 12.5. The van der Waals surface area contributed by atoms with Gasteiger partial charge in [-0.3, -0.25) is 4.79 Å². The van der Waals surface area contributed by atoms with Gasteiger partial charge in [-0.25, -0.2) is 0 Å². The van der Waals surface area contributed by atoms with E-state index >= 15 is 0 Å². The van der Waals surface area contributed by atoms with Crippen LogP contribution in [0.1, 0.15) is 39.0 Å². The number of amides is 1. The van der Waals surface area contributed by atoms with E-state index in [2.05, 4.69) is 64.3 Å². The largest absolute Gasteiger partial charge is 0.322 e. The SMILES string of the molecule is Cc1ccccc1NC(=O)c1ccc(CC2=Cc3ccc(I)cc3CC2)cc1. The molecule has 0 spiro atoms. The van der Waals surface area contributed by atoms with Gasteiger partial charge in [0, 0.05) is 14.8 Å². The number of benzene rings is 3. The maximum absolute atomic E-state index is 12.5. The molecule has 3 aromatic rings. The Morgan fingerprint density at radius 1 is 1.00 bits per heavy atom. The maximum atomic E-state index is 12.5. The summed E-state index contributed by atoms with van der Waals surface area (Å²) in [5.41, 5.74) is 8.08. The molecule has 0 heterocycles. The highest BCUT2D eigenvalue weighted by molar-refractivity contribution is 14.1. The predicted octanol–water partition coefficient (Wildman–Crippen LogP) is 6.42. The number of allylic oxidation sites excluding steroid dienone is 1. The predicted molar refractivity (Wildman–Crippen MR) is 125 cm³/mol. The van der Waals surface area contributed by atoms with Gasteiger partial charge >= 0.3 is 0 Å². The van der Waals surface area contributed by atoms with Crippen LogP contribution >= 0.6 is 22.6 Å². The van der Waals surface area contributed by atoms with Crippen molar-refractivity contribution in [1.82, 2.24) is 0 Å². The molecule has 0 aliphatic heterocycles. The van der Waals surface area contributed by atoms with Gasteiger partial charge in [-0.1, -0.05) is 48.0 Å². The zero-order valence-corrected chi connectivity index (χ0v) is 18.0. The number of nitrogens with one attached hydrogen (secondary N) is 1. The highest BCUT2D eigenvalue weighted by atomic mass is 127. The molecule has 140 valence electrons. The fourth-order valence-electron chi connectivity index (χ4n) is 3.60. The Morgan fingerprint density at radius 2 is 1.79 bits per heavy atom. The molecule has 2 nitrogen and oxygen atoms in total. The topological polar surface area (TPSA) is 29.1 Å². The van der Waals surface area contributed by atoms with Crippen LogP contribution in [0, 0.1) is 10.5 Å². The molecule has 0 aromatic heterocycles. The molecular weight excluding hydrogens is 457 g/mol. The first kappa shape index (κ1) is 18.9. The fraction of sp³-hybridized carbons (Fsp3) is 0.160. The van der Waals surface area contributed by atoms with Crippen molar-refractivity contribution in [3.63, 3.8) is 0 Å². The first-order valence-corrected chi connectivity index (χ1v) is 10.6. The molecule has 0 saturated carbocycles. The van der Waals surface area contributed by atoms with E-state index in [4.69, 9.17) is 0 Å². The third kappa shape index (κ3) is 4.36. The summed E-state index contributed by atoms with van der Waals surface area (Å²) >= 11 is 2.37. The van der Waals surface area contributed by atoms with Gasteiger partial charge in [0.15, 0.2) is 0 Å². The summed E-state index contributed by atoms with van der Waals surface area (Å²) in [6.07, 6.45) is 5.47. The molecule has 1 aliphatic carbocycles. The number of rotatable bonds is 4. The second-order valence-corrected chi connectivity index (χ2v) is 8.53. The quantitative estimate of drug-likeness (QED) is 0.430. The standard InChI is InChI=1S/C25H22INO/c1-17-4-2-3-5-24(17)27-25(28)20-9-6-18(7-10-20)14-19-8-11-22-16-23(26)13-12-21(22)15-19/h2-7,9-10,12-13,15-16H,8,11,14H2,1H3,(H,27,28). The van der Waals surface area contributed by atoms with Crippen LogP contribution in [0.3, 0.4) is 0 Å². The van der Waals surface area contributed by atoms with Crippen LogP contribution in [0.2, 0.25) is 0 Å². The Hall–Kier alpha value is -2.40. The van der Waals surface area contributed by atoms with Crippen LogP contribution in [0.15, 0.2) is 72.3 Å². The molecule has 0 saturated heterocycles. The minimum atomic E-state index is -0.0683. The summed E-state index contributed by atoms with van der Waals surface area (Å²) in [5.74, 6) is -0.0683. The summed E-state index contributed by atoms with van der Waals surface area (Å²) in [6.45, 7) is 2.00. The first-order chi connectivity index (χ1) is 13.6. The van der Waals surface area contributed by atoms with Crippen molar-refractivity contribution in [3.05, 3.63) is 104 Å². The Morgan fingerprint density at radius 3 is 2.57 bits per heavy atom. The average Bonchev–Trinajstić information content (AvgIpc) is 2.70. The second-order valence-electron chi connectivity index (χ2n) is 7.29. The zero-order valence-electron chi connectivity index (χ0n) is 15.8. The number of aryl methyl sites for hydroxylation is 2. The van der Waals surface area contributed by atoms with Gasteiger partial charge in [-0.2, -0.15) is 0 Å². The lowest BCUT2D eigenvalue weighted by Crippen LogP contribution is -2.12. The highest BCUT2D eigenvalue weighted by Gasteiger charge is 2.12. The van der Waals surface area contributed by atoms with Crippen LogP contribution in [0.4, 0.5) is 5.69 Å². The molecule has 0 atom stereocenters. The van der Waals surface area contributed by atoms with Crippen LogP contribution < -0.4 is 5.32 Å². The number of para-hydroxylation sites is 1. The normalized spacial score (nSPS) is 12.9. The molecule has 1 amide bonds. The van der Waals surface area contributed by atoms with Crippen molar-refractivity contribution >= 4 is 40.3 Å². The van der Waals surface area contributed by atoms with Crippen molar-refractivity contribution in [2.45, 2.75) is 26.2 Å². The number of hydrogen-bond acceptors (Lipinski definition) is 1. The summed E-state index contributed by atoms with van der Waals surface area (Å²) in [5, 5.41) is 2.99. The molecule has 0 unspecified atom stereocenters. The van der Waals surface area contributed by atoms with Gasteiger partial charge < -0.3 is 5.32 Å². The van der Waals surface area contributed by atoms with E-state index in [0.29, 0.717) is 5.56 Å². The van der Waals surface area contributed by atoms with E-state index < -0.39 is 0 Å². The van der Waals surface area contributed by atoms with Crippen LogP contribution in [-0.2, 0) is 12.8 Å². The lowest BCUT2D eigenvalue weighted by atomic mass is 9.89. The molecular formula is C25H22INO. The Balaban J connectivity index is 1.44. The lowest BCUT2D eigenvalue weighted by Gasteiger charge is -2.17. The van der Waals surface area contributed by atoms with Gasteiger partial charge in [0.05, 0.1) is 0 Å². The lowest BCUT2D eigenvalue weighted by molar-refractivity contribution is 0.102. The van der Waals surface area contributed by atoms with Crippen molar-refractivity contribution in [2.24, 2.45) is 0 Å². The molecule has 28 heavy (non-hydrogen) atoms. The van der Waals surface area contributed by atoms with Crippen LogP contribution in [-0.4, -0.2) is 5.91 Å². The monoisotopic (exact) mass is 479 g/mol. The zero-order chi connectivity index (χ0) is 19.5. The van der Waals surface area contributed by atoms with E-state index in [0.717, 1.165) is 30.5 Å². The van der Waals surface area contributed by atoms with Crippen molar-refractivity contribution in [2.75, 3.05) is 5.32 Å². The van der Waals surface area contributed by atoms with E-state index in [9.17, 15) is 4.79 Å². The Labute approximate surface area is 179 Å². The highest BCUT2D eigenvalue weighted by Crippen LogP contribution is 2.27. The number of hydrogen-bond donors (Lipinski definition) is 1. The van der Waals surface area contributed by atoms with Gasteiger partial charge in [-0.15, -0.1) is 0 Å². The van der Waals surface area contributed by atoms with Crippen LogP contribution in [0.5, 0.6) is 0 Å². The van der Waals surface area contributed by atoms with Crippen molar-refractivity contribution in [3.8, 4) is 0 Å². The minimum Gasteiger partial charge on any atom is -0.322 e. The molecule has 4 rings (SSSR count). The molecule has 1 N–H and O–H groups in total. The number of anilines is 1. The molecule has 0 bridgehead atoms. The molecule has 3 heteroatoms. The molecule has 0 radical (unpaired) electrons. The third-order valence-electron chi connectivity index (χ3n) is 5.22. The van der Waals surface area contributed by atoms with Crippen molar-refractivity contribution < 1.29 is 4.79 Å². The number of carbonyl (C=O) groups is 1. The van der Waals surface area contributed by atoms with Crippen molar-refractivity contribution in [1.29, 1.82) is 0 Å². The van der Waals surface area contributed by atoms with E-state index in [1.807, 2.05) is 43.3 Å². The second kappa shape index (κ2) is 8.31. The van der Waals surface area contributed by atoms with Gasteiger partial charge in [0.2, 0.25) is 0 Å². The summed E-state index contributed by atoms with van der Waals surface area (Å²) in [6, 6.07) is 22.5. The number of halogens is 1. The molecule has 3 aromatic carbocycles. The maximum Gasteiger partial charge on any atom is 0.255 e. The average molecular weight is 479 g/mol. The minimum absolute atomic E-state index is 0.0683. The third-order valence-corrected chi connectivity index (χ3v) is 5.89. The molecule has 1 aliphatic rings. The summed E-state index contributed by atoms with van der Waals surface area (Å²) < 4.78 is 1.30. The van der Waals surface area contributed by atoms with Gasteiger partial charge in [-0.05, 0) is 101 Å². The fourth-order valence-corrected chi connectivity index (χ4v) is 4.16. The van der Waals surface area contributed by atoms with E-state index in [1.54, 1.807) is 0 Å². The van der Waals surface area contributed by atoms with Crippen LogP contribution in [0.25, 0.3) is 6.08 Å². The Bertz CT molecular complexity index is 1050. The smallest absolute Gasteiger partial charge is 0.255 e. The Kier molecular flexibility index (Phi) is 5.62. The van der Waals surface area contributed by atoms with Gasteiger partial charge in [0.25, 0.3) is 5.91 Å². The first-order valence-electron chi connectivity index (χ1n) is 9.52. The van der Waals surface area contributed by atoms with E-state index in [1.165, 1.54) is 25.8 Å². The number of fused-ring (bicyclic) bond motifs is 1. The summed E-state index contributed by atoms with van der Waals surface area (Å²) in [7, 11) is 0. The van der Waals surface area contributed by atoms with E-state index in [-0.39, 0.29) is 5.91 Å². The number of carbonyl (C=O) groups excluding carboxylic acids is 1. The van der Waals surface area contributed by atoms with Gasteiger partial charge in [0.1, 0.15) is 0 Å².